The van der Waals surface area contributed by atoms with Crippen LogP contribution in [0.3, 0.4) is 0 Å². The van der Waals surface area contributed by atoms with Crippen molar-refractivity contribution in [3.05, 3.63) is 70.2 Å². The fourth-order valence-electron chi connectivity index (χ4n) is 2.92. The molecule has 150 valence electrons. The predicted molar refractivity (Wildman–Crippen MR) is 116 cm³/mol. The minimum absolute atomic E-state index is 0.206. The second-order valence-corrected chi connectivity index (χ2v) is 8.08. The normalized spacial score (nSPS) is 10.8. The summed E-state index contributed by atoms with van der Waals surface area (Å²) in [5, 5.41) is 5.25. The number of nitrogens with zero attached hydrogens (tertiary/aromatic N) is 1. The molecule has 0 unspecified atom stereocenters. The predicted octanol–water partition coefficient (Wildman–Crippen LogP) is 5.35. The van der Waals surface area contributed by atoms with Gasteiger partial charge in [0.2, 0.25) is 0 Å². The molecule has 1 amide bonds. The number of aryl methyl sites for hydroxylation is 2. The van der Waals surface area contributed by atoms with Gasteiger partial charge in [0.05, 0.1) is 0 Å². The zero-order chi connectivity index (χ0) is 21.0. The average Bonchev–Trinajstić information content (AvgIpc) is 3.18. The molecule has 6 heteroatoms. The van der Waals surface area contributed by atoms with Crippen LogP contribution in [0.15, 0.2) is 47.8 Å². The Balaban J connectivity index is 1.61. The number of hydrogen-bond donors (Lipinski definition) is 1. The quantitative estimate of drug-likeness (QED) is 0.559. The summed E-state index contributed by atoms with van der Waals surface area (Å²) in [6.07, 6.45) is 0. The molecule has 29 heavy (non-hydrogen) atoms. The molecule has 0 bridgehead atoms. The van der Waals surface area contributed by atoms with Crippen LogP contribution >= 0.6 is 11.3 Å². The SMILES string of the molecule is Cc1ccc(-c2nc(C(=O)OCC(=O)Nc3c(C)cccc3C(C)C)cs2)cc1. The lowest BCUT2D eigenvalue weighted by molar-refractivity contribution is -0.119. The van der Waals surface area contributed by atoms with Gasteiger partial charge in [-0.1, -0.05) is 61.9 Å². The van der Waals surface area contributed by atoms with E-state index in [2.05, 4.69) is 24.1 Å². The smallest absolute Gasteiger partial charge is 0.358 e. The molecule has 1 N–H and O–H groups in total. The molecule has 0 radical (unpaired) electrons. The van der Waals surface area contributed by atoms with E-state index in [1.807, 2.05) is 56.3 Å². The zero-order valence-corrected chi connectivity index (χ0v) is 17.8. The number of carbonyl (C=O) groups is 2. The number of esters is 1. The molecular formula is C23H24N2O3S. The van der Waals surface area contributed by atoms with Crippen molar-refractivity contribution in [1.82, 2.24) is 4.98 Å². The van der Waals surface area contributed by atoms with E-state index in [0.717, 1.165) is 32.9 Å². The van der Waals surface area contributed by atoms with Crippen molar-refractivity contribution in [2.24, 2.45) is 0 Å². The van der Waals surface area contributed by atoms with Crippen LogP contribution in [0.5, 0.6) is 0 Å². The van der Waals surface area contributed by atoms with Crippen molar-refractivity contribution in [2.75, 3.05) is 11.9 Å². The number of nitrogens with one attached hydrogen (secondary N) is 1. The third-order valence-electron chi connectivity index (χ3n) is 4.54. The first-order chi connectivity index (χ1) is 13.8. The molecule has 0 saturated carbocycles. The van der Waals surface area contributed by atoms with E-state index in [4.69, 9.17) is 4.74 Å². The summed E-state index contributed by atoms with van der Waals surface area (Å²) in [5.41, 5.74) is 5.10. The minimum Gasteiger partial charge on any atom is -0.451 e. The Morgan fingerprint density at radius 3 is 2.52 bits per heavy atom. The molecule has 5 nitrogen and oxygen atoms in total. The summed E-state index contributed by atoms with van der Waals surface area (Å²) < 4.78 is 5.16. The van der Waals surface area contributed by atoms with Crippen molar-refractivity contribution >= 4 is 28.9 Å². The topological polar surface area (TPSA) is 68.3 Å². The van der Waals surface area contributed by atoms with Crippen LogP contribution in [0.25, 0.3) is 10.6 Å². The monoisotopic (exact) mass is 408 g/mol. The Kier molecular flexibility index (Phi) is 6.44. The lowest BCUT2D eigenvalue weighted by atomic mass is 9.98. The summed E-state index contributed by atoms with van der Waals surface area (Å²) in [6, 6.07) is 13.8. The summed E-state index contributed by atoms with van der Waals surface area (Å²) in [7, 11) is 0. The first kappa shape index (κ1) is 20.7. The van der Waals surface area contributed by atoms with Gasteiger partial charge >= 0.3 is 5.97 Å². The van der Waals surface area contributed by atoms with Crippen molar-refractivity contribution in [1.29, 1.82) is 0 Å². The standard InChI is InChI=1S/C23H24N2O3S/c1-14(2)18-7-5-6-16(4)21(18)25-20(26)12-28-23(27)19-13-29-22(24-19)17-10-8-15(3)9-11-17/h5-11,13-14H,12H2,1-4H3,(H,25,26). The van der Waals surface area contributed by atoms with Gasteiger partial charge in [0.15, 0.2) is 12.3 Å². The molecule has 0 fully saturated rings. The first-order valence-corrected chi connectivity index (χ1v) is 10.3. The van der Waals surface area contributed by atoms with Gasteiger partial charge in [-0.3, -0.25) is 4.79 Å². The van der Waals surface area contributed by atoms with Crippen LogP contribution in [-0.2, 0) is 9.53 Å². The number of hydrogen-bond acceptors (Lipinski definition) is 5. The Bertz CT molecular complexity index is 1020. The van der Waals surface area contributed by atoms with E-state index < -0.39 is 5.97 Å². The van der Waals surface area contributed by atoms with Gasteiger partial charge in [-0.25, -0.2) is 9.78 Å². The van der Waals surface area contributed by atoms with Gasteiger partial charge in [0.25, 0.3) is 5.91 Å². The number of rotatable bonds is 6. The van der Waals surface area contributed by atoms with E-state index in [9.17, 15) is 9.59 Å². The highest BCUT2D eigenvalue weighted by atomic mass is 32.1. The molecule has 1 aromatic heterocycles. The zero-order valence-electron chi connectivity index (χ0n) is 17.0. The van der Waals surface area contributed by atoms with Gasteiger partial charge in [-0.15, -0.1) is 11.3 Å². The van der Waals surface area contributed by atoms with Crippen LogP contribution in [0.1, 0.15) is 46.9 Å². The molecule has 3 aromatic rings. The maximum atomic E-state index is 12.3. The number of thiazole rings is 1. The molecule has 1 heterocycles. The summed E-state index contributed by atoms with van der Waals surface area (Å²) in [5.74, 6) is -0.713. The van der Waals surface area contributed by atoms with Crippen molar-refractivity contribution in [2.45, 2.75) is 33.6 Å². The highest BCUT2D eigenvalue weighted by Crippen LogP contribution is 2.27. The number of para-hydroxylation sites is 1. The second kappa shape index (κ2) is 9.01. The van der Waals surface area contributed by atoms with Gasteiger partial charge in [-0.05, 0) is 30.9 Å². The van der Waals surface area contributed by atoms with E-state index >= 15 is 0 Å². The third kappa shape index (κ3) is 5.09. The van der Waals surface area contributed by atoms with E-state index in [-0.39, 0.29) is 24.1 Å². The van der Waals surface area contributed by atoms with Gasteiger partial charge in [0.1, 0.15) is 5.01 Å². The molecule has 2 aromatic carbocycles. The minimum atomic E-state index is -0.608. The van der Waals surface area contributed by atoms with Crippen LogP contribution in [0.2, 0.25) is 0 Å². The van der Waals surface area contributed by atoms with Crippen LogP contribution in [0.4, 0.5) is 5.69 Å². The fraction of sp³-hybridized carbons (Fsp3) is 0.261. The Morgan fingerprint density at radius 2 is 1.83 bits per heavy atom. The van der Waals surface area contributed by atoms with E-state index in [1.165, 1.54) is 11.3 Å². The fourth-order valence-corrected chi connectivity index (χ4v) is 3.71. The Labute approximate surface area is 174 Å². The lowest BCUT2D eigenvalue weighted by Crippen LogP contribution is -2.22. The largest absolute Gasteiger partial charge is 0.451 e. The van der Waals surface area contributed by atoms with Gasteiger partial charge in [-0.2, -0.15) is 0 Å². The molecule has 0 atom stereocenters. The molecule has 3 rings (SSSR count). The summed E-state index contributed by atoms with van der Waals surface area (Å²) >= 11 is 1.37. The van der Waals surface area contributed by atoms with E-state index in [1.54, 1.807) is 5.38 Å². The number of anilines is 1. The highest BCUT2D eigenvalue weighted by molar-refractivity contribution is 7.13. The maximum absolute atomic E-state index is 12.3. The molecule has 0 saturated heterocycles. The molecule has 0 aliphatic carbocycles. The van der Waals surface area contributed by atoms with Crippen molar-refractivity contribution in [3.63, 3.8) is 0 Å². The number of benzene rings is 2. The maximum Gasteiger partial charge on any atom is 0.358 e. The van der Waals surface area contributed by atoms with Gasteiger partial charge < -0.3 is 10.1 Å². The van der Waals surface area contributed by atoms with Gasteiger partial charge in [0, 0.05) is 16.6 Å². The Morgan fingerprint density at radius 1 is 1.10 bits per heavy atom. The molecule has 0 spiro atoms. The second-order valence-electron chi connectivity index (χ2n) is 7.22. The molecule has 0 aliphatic rings. The van der Waals surface area contributed by atoms with E-state index in [0.29, 0.717) is 0 Å². The highest BCUT2D eigenvalue weighted by Gasteiger charge is 2.17. The van der Waals surface area contributed by atoms with Crippen molar-refractivity contribution in [3.8, 4) is 10.6 Å². The third-order valence-corrected chi connectivity index (χ3v) is 5.43. The number of amides is 1. The number of ether oxygens (including phenoxy) is 1. The Hall–Kier alpha value is -2.99. The van der Waals surface area contributed by atoms with Crippen molar-refractivity contribution < 1.29 is 14.3 Å². The molecular weight excluding hydrogens is 384 g/mol. The lowest BCUT2D eigenvalue weighted by Gasteiger charge is -2.16. The number of carbonyl (C=O) groups excluding carboxylic acids is 2. The summed E-state index contributed by atoms with van der Waals surface area (Å²) in [4.78, 5) is 28.9. The van der Waals surface area contributed by atoms with Crippen LogP contribution in [0, 0.1) is 13.8 Å². The van der Waals surface area contributed by atoms with Crippen LogP contribution in [-0.4, -0.2) is 23.5 Å². The first-order valence-electron chi connectivity index (χ1n) is 9.44. The molecule has 0 aliphatic heterocycles. The summed E-state index contributed by atoms with van der Waals surface area (Å²) in [6.45, 7) is 7.73. The number of aromatic nitrogens is 1. The van der Waals surface area contributed by atoms with Crippen LogP contribution < -0.4 is 5.32 Å². The average molecular weight is 409 g/mol.